The first-order chi connectivity index (χ1) is 23.9. The number of aromatic nitrogens is 2. The van der Waals surface area contributed by atoms with Crippen molar-refractivity contribution in [2.75, 3.05) is 32.4 Å². The molecule has 3 rings (SSSR count). The maximum absolute atomic E-state index is 14.9. The van der Waals surface area contributed by atoms with Crippen molar-refractivity contribution in [3.63, 3.8) is 0 Å². The number of nitrogens with one attached hydrogen (secondary N) is 1. The molecule has 0 bridgehead atoms. The van der Waals surface area contributed by atoms with Crippen LogP contribution >= 0.6 is 11.3 Å². The van der Waals surface area contributed by atoms with E-state index < -0.39 is 30.1 Å². The van der Waals surface area contributed by atoms with Crippen LogP contribution in [0.4, 0.5) is 5.13 Å². The number of aliphatic hydroxyl groups is 2. The number of rotatable bonds is 21. The van der Waals surface area contributed by atoms with Crippen molar-refractivity contribution in [1.29, 1.82) is 0 Å². The van der Waals surface area contributed by atoms with E-state index in [1.807, 2.05) is 32.0 Å². The summed E-state index contributed by atoms with van der Waals surface area (Å²) in [6.45, 7) is 8.91. The number of thiazole rings is 1. The Bertz CT molecular complexity index is 1300. The standard InChI is InChI=1S/C38H62N6O5S/c1-6-27(7-2)24-44(32(20-28-13-9-8-10-14-28)36(48)33(45)19-26(3)4)37(49)29(21-31-25-50-38(39)42-31)22-34(46)41-23-35(47)43(5)18-16-30-15-11-12-17-40-30/h11-12,15,17,25-29,32-33,36,45,48H,6-10,13-14,16,18-24H2,1-5H3,(H2,39,42)(H,41,46)/t29-,32+,33+,36-/m1/s1. The van der Waals surface area contributed by atoms with E-state index in [0.29, 0.717) is 49.1 Å². The van der Waals surface area contributed by atoms with E-state index in [1.54, 1.807) is 28.4 Å². The van der Waals surface area contributed by atoms with Crippen molar-refractivity contribution in [3.05, 3.63) is 41.2 Å². The van der Waals surface area contributed by atoms with Gasteiger partial charge in [-0.1, -0.05) is 78.7 Å². The second-order valence-corrected chi connectivity index (χ2v) is 15.5. The topological polar surface area (TPSA) is 162 Å². The van der Waals surface area contributed by atoms with Crippen LogP contribution in [0.15, 0.2) is 29.8 Å². The lowest BCUT2D eigenvalue weighted by Crippen LogP contribution is -2.55. The Morgan fingerprint density at radius 1 is 1.08 bits per heavy atom. The largest absolute Gasteiger partial charge is 0.390 e. The molecule has 12 heteroatoms. The van der Waals surface area contributed by atoms with Crippen LogP contribution in [-0.4, -0.2) is 92.6 Å². The maximum Gasteiger partial charge on any atom is 0.241 e. The number of aliphatic hydroxyl groups excluding tert-OH is 2. The number of amides is 3. The van der Waals surface area contributed by atoms with Gasteiger partial charge in [0.25, 0.3) is 0 Å². The number of hydrogen-bond acceptors (Lipinski definition) is 9. The summed E-state index contributed by atoms with van der Waals surface area (Å²) < 4.78 is 0. The molecule has 5 N–H and O–H groups in total. The lowest BCUT2D eigenvalue weighted by molar-refractivity contribution is -0.147. The molecule has 1 aliphatic carbocycles. The second-order valence-electron chi connectivity index (χ2n) is 14.6. The van der Waals surface area contributed by atoms with E-state index in [1.165, 1.54) is 17.8 Å². The highest BCUT2D eigenvalue weighted by Crippen LogP contribution is 2.33. The van der Waals surface area contributed by atoms with Gasteiger partial charge in [0, 0.05) is 56.7 Å². The fourth-order valence-corrected chi connectivity index (χ4v) is 7.59. The summed E-state index contributed by atoms with van der Waals surface area (Å²) in [5, 5.41) is 28.0. The van der Waals surface area contributed by atoms with Crippen LogP contribution in [-0.2, 0) is 27.2 Å². The number of carbonyl (C=O) groups is 3. The molecular weight excluding hydrogens is 653 g/mol. The fraction of sp³-hybridized carbons (Fsp3) is 0.711. The van der Waals surface area contributed by atoms with Crippen LogP contribution in [0.3, 0.4) is 0 Å². The molecule has 2 aromatic rings. The Morgan fingerprint density at radius 2 is 1.80 bits per heavy atom. The van der Waals surface area contributed by atoms with E-state index in [2.05, 4.69) is 29.1 Å². The smallest absolute Gasteiger partial charge is 0.241 e. The number of likely N-dealkylation sites (N-methyl/N-ethyl adjacent to an activating group) is 1. The van der Waals surface area contributed by atoms with Gasteiger partial charge in [-0.25, -0.2) is 4.98 Å². The van der Waals surface area contributed by atoms with Gasteiger partial charge in [0.2, 0.25) is 17.7 Å². The highest BCUT2D eigenvalue weighted by Gasteiger charge is 2.39. The first kappa shape index (κ1) is 41.3. The van der Waals surface area contributed by atoms with Gasteiger partial charge in [0.1, 0.15) is 6.10 Å². The number of hydrogen-bond donors (Lipinski definition) is 4. The molecule has 4 atom stereocenters. The van der Waals surface area contributed by atoms with Crippen molar-refractivity contribution in [2.24, 2.45) is 23.7 Å². The van der Waals surface area contributed by atoms with Crippen LogP contribution in [0.25, 0.3) is 0 Å². The fourth-order valence-electron chi connectivity index (χ4n) is 7.02. The molecule has 280 valence electrons. The van der Waals surface area contributed by atoms with Gasteiger partial charge in [-0.15, -0.1) is 11.3 Å². The van der Waals surface area contributed by atoms with Crippen LogP contribution in [0, 0.1) is 23.7 Å². The van der Waals surface area contributed by atoms with Crippen LogP contribution in [0.5, 0.6) is 0 Å². The van der Waals surface area contributed by atoms with E-state index in [9.17, 15) is 24.6 Å². The number of nitrogens with zero attached hydrogens (tertiary/aromatic N) is 4. The van der Waals surface area contributed by atoms with Crippen molar-refractivity contribution >= 4 is 34.2 Å². The van der Waals surface area contributed by atoms with Gasteiger partial charge in [0.05, 0.1) is 30.3 Å². The highest BCUT2D eigenvalue weighted by atomic mass is 32.1. The molecule has 0 aromatic carbocycles. The third-order valence-corrected chi connectivity index (χ3v) is 10.9. The Morgan fingerprint density at radius 3 is 2.40 bits per heavy atom. The minimum Gasteiger partial charge on any atom is -0.390 e. The monoisotopic (exact) mass is 714 g/mol. The summed E-state index contributed by atoms with van der Waals surface area (Å²) in [6.07, 6.45) is 8.46. The van der Waals surface area contributed by atoms with E-state index in [-0.39, 0.29) is 43.0 Å². The molecule has 1 aliphatic rings. The zero-order valence-corrected chi connectivity index (χ0v) is 31.7. The quantitative estimate of drug-likeness (QED) is 0.143. The molecule has 0 saturated heterocycles. The second kappa shape index (κ2) is 21.3. The van der Waals surface area contributed by atoms with Crippen molar-refractivity contribution in [3.8, 4) is 0 Å². The summed E-state index contributed by atoms with van der Waals surface area (Å²) in [5.74, 6) is -1.00. The molecule has 1 saturated carbocycles. The minimum atomic E-state index is -1.12. The third-order valence-electron chi connectivity index (χ3n) is 10.2. The molecule has 11 nitrogen and oxygen atoms in total. The molecule has 50 heavy (non-hydrogen) atoms. The van der Waals surface area contributed by atoms with E-state index in [0.717, 1.165) is 44.2 Å². The SMILES string of the molecule is CCC(CC)CN(C(=O)[C@@H](CC(=O)NCC(=O)N(C)CCc1ccccn1)Cc1csc(N)n1)[C@@H](CC1CCCCC1)[C@@H](O)[C@@H](O)CC(C)C. The van der Waals surface area contributed by atoms with Crippen molar-refractivity contribution < 1.29 is 24.6 Å². The first-order valence-corrected chi connectivity index (χ1v) is 19.6. The summed E-state index contributed by atoms with van der Waals surface area (Å²) in [4.78, 5) is 53.3. The maximum atomic E-state index is 14.9. The van der Waals surface area contributed by atoms with Crippen LogP contribution in [0.1, 0.15) is 103 Å². The average molecular weight is 715 g/mol. The highest BCUT2D eigenvalue weighted by molar-refractivity contribution is 7.13. The molecule has 0 radical (unpaired) electrons. The Balaban J connectivity index is 1.85. The number of carbonyl (C=O) groups excluding carboxylic acids is 3. The van der Waals surface area contributed by atoms with Gasteiger partial charge in [-0.05, 0) is 42.7 Å². The van der Waals surface area contributed by atoms with Gasteiger partial charge < -0.3 is 31.1 Å². The molecule has 2 aromatic heterocycles. The number of nitrogens with two attached hydrogens (primary N) is 1. The molecule has 1 fully saturated rings. The lowest BCUT2D eigenvalue weighted by Gasteiger charge is -2.42. The summed E-state index contributed by atoms with van der Waals surface area (Å²) >= 11 is 1.28. The number of nitrogen functional groups attached to an aromatic ring is 1. The molecule has 0 aliphatic heterocycles. The molecule has 0 unspecified atom stereocenters. The van der Waals surface area contributed by atoms with Gasteiger partial charge in [-0.3, -0.25) is 19.4 Å². The minimum absolute atomic E-state index is 0.151. The lowest BCUT2D eigenvalue weighted by atomic mass is 9.81. The summed E-state index contributed by atoms with van der Waals surface area (Å²) in [6, 6.07) is 5.06. The Labute approximate surface area is 303 Å². The Kier molecular flexibility index (Phi) is 17.6. The summed E-state index contributed by atoms with van der Waals surface area (Å²) in [7, 11) is 1.69. The van der Waals surface area contributed by atoms with E-state index in [4.69, 9.17) is 5.73 Å². The normalized spacial score (nSPS) is 16.2. The van der Waals surface area contributed by atoms with Crippen LogP contribution < -0.4 is 11.1 Å². The number of pyridine rings is 1. The zero-order valence-electron chi connectivity index (χ0n) is 30.9. The van der Waals surface area contributed by atoms with Gasteiger partial charge in [-0.2, -0.15) is 0 Å². The zero-order chi connectivity index (χ0) is 36.6. The predicted octanol–water partition coefficient (Wildman–Crippen LogP) is 4.86. The van der Waals surface area contributed by atoms with Gasteiger partial charge >= 0.3 is 0 Å². The average Bonchev–Trinajstić information content (AvgIpc) is 3.53. The summed E-state index contributed by atoms with van der Waals surface area (Å²) in [5.41, 5.74) is 7.45. The number of anilines is 1. The molecular formula is C38H62N6O5S. The first-order valence-electron chi connectivity index (χ1n) is 18.7. The third kappa shape index (κ3) is 13.6. The molecule has 2 heterocycles. The molecule has 0 spiro atoms. The van der Waals surface area contributed by atoms with Crippen molar-refractivity contribution in [1.82, 2.24) is 25.1 Å². The Hall–Kier alpha value is -3.09. The molecule has 3 amide bonds. The van der Waals surface area contributed by atoms with E-state index >= 15 is 0 Å². The predicted molar refractivity (Wildman–Crippen MR) is 199 cm³/mol. The van der Waals surface area contributed by atoms with Gasteiger partial charge in [0.15, 0.2) is 5.13 Å². The van der Waals surface area contributed by atoms with Crippen LogP contribution in [0.2, 0.25) is 0 Å². The van der Waals surface area contributed by atoms with Crippen molar-refractivity contribution in [2.45, 2.75) is 123 Å².